The number of nitrogens with one attached hydrogen (secondary N) is 1. The van der Waals surface area contributed by atoms with Gasteiger partial charge in [0.15, 0.2) is 5.52 Å². The molecule has 0 aliphatic heterocycles. The number of fused-ring (bicyclic) bond motifs is 2. The monoisotopic (exact) mass is 463 g/mol. The molecule has 8 nitrogen and oxygen atoms in total. The van der Waals surface area contributed by atoms with Gasteiger partial charge in [-0.05, 0) is 80.7 Å². The van der Waals surface area contributed by atoms with Crippen molar-refractivity contribution in [2.24, 2.45) is 17.0 Å². The minimum Gasteiger partial charge on any atom is -0.473 e. The first-order valence-electron chi connectivity index (χ1n) is 11.0. The number of sulfonamides is 1. The Morgan fingerprint density at radius 1 is 1.06 bits per heavy atom. The number of hydrogen-bond donors (Lipinski definition) is 2. The predicted molar refractivity (Wildman–Crippen MR) is 125 cm³/mol. The summed E-state index contributed by atoms with van der Waals surface area (Å²) in [6, 6.07) is 9.95. The number of ether oxygens (including phenoxy) is 1. The van der Waals surface area contributed by atoms with Crippen molar-refractivity contribution in [2.45, 2.75) is 50.2 Å². The Bertz CT molecular complexity index is 1370. The molecule has 0 radical (unpaired) electrons. The van der Waals surface area contributed by atoms with Crippen molar-refractivity contribution in [1.29, 1.82) is 0 Å². The summed E-state index contributed by atoms with van der Waals surface area (Å²) in [5.74, 6) is 8.30. The molecule has 9 heteroatoms. The largest absolute Gasteiger partial charge is 0.473 e. The van der Waals surface area contributed by atoms with Gasteiger partial charge in [-0.25, -0.2) is 23.5 Å². The number of anilines is 1. The molecule has 33 heavy (non-hydrogen) atoms. The zero-order chi connectivity index (χ0) is 23.2. The van der Waals surface area contributed by atoms with E-state index in [0.717, 1.165) is 30.2 Å². The maximum Gasteiger partial charge on any atom is 0.245 e. The molecule has 2 fully saturated rings. The molecule has 2 aliphatic rings. The van der Waals surface area contributed by atoms with Gasteiger partial charge in [0, 0.05) is 0 Å². The zero-order valence-electron chi connectivity index (χ0n) is 18.4. The van der Waals surface area contributed by atoms with E-state index in [1.807, 2.05) is 19.1 Å². The third-order valence-electron chi connectivity index (χ3n) is 6.30. The van der Waals surface area contributed by atoms with Crippen LogP contribution in [0.4, 0.5) is 5.95 Å². The van der Waals surface area contributed by atoms with Crippen molar-refractivity contribution >= 4 is 27.0 Å². The Labute approximate surface area is 193 Å². The lowest BCUT2D eigenvalue weighted by atomic mass is 10.1. The summed E-state index contributed by atoms with van der Waals surface area (Å²) in [5, 5.41) is 8.48. The van der Waals surface area contributed by atoms with Crippen LogP contribution in [0, 0.1) is 23.7 Å². The van der Waals surface area contributed by atoms with E-state index in [-0.39, 0.29) is 17.0 Å². The first kappa shape index (κ1) is 21.6. The average molecular weight is 464 g/mol. The second kappa shape index (κ2) is 8.28. The number of aromatic nitrogens is 3. The second-order valence-electron chi connectivity index (χ2n) is 8.74. The Morgan fingerprint density at radius 2 is 1.79 bits per heavy atom. The van der Waals surface area contributed by atoms with Crippen LogP contribution in [-0.2, 0) is 10.0 Å². The smallest absolute Gasteiger partial charge is 0.245 e. The fourth-order valence-electron chi connectivity index (χ4n) is 4.47. The van der Waals surface area contributed by atoms with Gasteiger partial charge in [-0.15, -0.1) is 0 Å². The van der Waals surface area contributed by atoms with E-state index in [1.54, 1.807) is 19.1 Å². The number of benzene rings is 1. The minimum atomic E-state index is -3.73. The van der Waals surface area contributed by atoms with Crippen LogP contribution in [0.3, 0.4) is 0 Å². The highest BCUT2D eigenvalue weighted by atomic mass is 32.2. The molecule has 0 saturated heterocycles. The van der Waals surface area contributed by atoms with Gasteiger partial charge in [0.05, 0.1) is 16.5 Å². The Kier molecular flexibility index (Phi) is 5.43. The van der Waals surface area contributed by atoms with Crippen LogP contribution >= 0.6 is 0 Å². The molecule has 1 aromatic carbocycles. The number of nitrogens with two attached hydrogens (primary N) is 1. The van der Waals surface area contributed by atoms with E-state index in [4.69, 9.17) is 9.88 Å². The van der Waals surface area contributed by atoms with Crippen molar-refractivity contribution < 1.29 is 13.2 Å². The zero-order valence-corrected chi connectivity index (χ0v) is 19.3. The molecule has 2 saturated carbocycles. The standard InChI is InChI=1S/C24H25N5O3S/c1-3-4-18-7-10-21-22(27-18)23(32-19-12-16-11-17(16)13-19)29-24(28-21)26-14(2)15-5-8-20(9-6-15)33(25,30)31/h5-10,14,16-17,19H,11-13H2,1-2H3,(H2,25,30,31)(H,26,28,29)/t14-,16-,17+,19?/m1/s1. The summed E-state index contributed by atoms with van der Waals surface area (Å²) in [6.07, 6.45) is 3.57. The van der Waals surface area contributed by atoms with Crippen LogP contribution in [0.5, 0.6) is 5.88 Å². The third-order valence-corrected chi connectivity index (χ3v) is 7.23. The lowest BCUT2D eigenvalue weighted by molar-refractivity contribution is 0.189. The lowest BCUT2D eigenvalue weighted by Crippen LogP contribution is -2.17. The Balaban J connectivity index is 1.44. The molecule has 0 amide bonds. The van der Waals surface area contributed by atoms with Gasteiger partial charge in [-0.3, -0.25) is 0 Å². The Hall–Kier alpha value is -3.22. The van der Waals surface area contributed by atoms with E-state index < -0.39 is 10.0 Å². The highest BCUT2D eigenvalue weighted by Gasteiger charge is 2.47. The highest BCUT2D eigenvalue weighted by Crippen LogP contribution is 2.52. The molecule has 2 aliphatic carbocycles. The van der Waals surface area contributed by atoms with Gasteiger partial charge >= 0.3 is 0 Å². The van der Waals surface area contributed by atoms with Crippen LogP contribution < -0.4 is 15.2 Å². The molecule has 170 valence electrons. The summed E-state index contributed by atoms with van der Waals surface area (Å²) >= 11 is 0. The SMILES string of the molecule is CC#Cc1ccc2nc(N[C@H](C)c3ccc(S(N)(=O)=O)cc3)nc(OC3C[C@@H]4C[C@@H]4C3)c2n1. The van der Waals surface area contributed by atoms with Crippen LogP contribution in [-0.4, -0.2) is 29.5 Å². The van der Waals surface area contributed by atoms with Crippen molar-refractivity contribution in [3.63, 3.8) is 0 Å². The second-order valence-corrected chi connectivity index (χ2v) is 10.3. The van der Waals surface area contributed by atoms with Gasteiger partial charge in [0.2, 0.25) is 21.9 Å². The fraction of sp³-hybridized carbons (Fsp3) is 0.375. The van der Waals surface area contributed by atoms with Gasteiger partial charge in [-0.2, -0.15) is 4.98 Å². The maximum atomic E-state index is 11.5. The average Bonchev–Trinajstić information content (AvgIpc) is 3.39. The summed E-state index contributed by atoms with van der Waals surface area (Å²) in [6.45, 7) is 3.72. The quantitative estimate of drug-likeness (QED) is 0.538. The number of rotatable bonds is 6. The van der Waals surface area contributed by atoms with Crippen LogP contribution in [0.2, 0.25) is 0 Å². The molecule has 1 unspecified atom stereocenters. The van der Waals surface area contributed by atoms with Gasteiger partial charge in [0.25, 0.3) is 0 Å². The number of nitrogens with zero attached hydrogens (tertiary/aromatic N) is 3. The molecule has 2 aromatic heterocycles. The minimum absolute atomic E-state index is 0.0720. The van der Waals surface area contributed by atoms with E-state index in [2.05, 4.69) is 32.1 Å². The summed E-state index contributed by atoms with van der Waals surface area (Å²) in [5.41, 5.74) is 2.79. The van der Waals surface area contributed by atoms with Crippen molar-refractivity contribution in [3.8, 4) is 17.7 Å². The number of hydrogen-bond acceptors (Lipinski definition) is 7. The molecular formula is C24H25N5O3S. The van der Waals surface area contributed by atoms with Crippen molar-refractivity contribution in [3.05, 3.63) is 47.7 Å². The van der Waals surface area contributed by atoms with Crippen LogP contribution in [0.15, 0.2) is 41.3 Å². The van der Waals surface area contributed by atoms with E-state index >= 15 is 0 Å². The van der Waals surface area contributed by atoms with E-state index in [1.165, 1.54) is 18.6 Å². The van der Waals surface area contributed by atoms with E-state index in [9.17, 15) is 8.42 Å². The summed E-state index contributed by atoms with van der Waals surface area (Å²) in [7, 11) is -3.73. The number of primary sulfonamides is 1. The summed E-state index contributed by atoms with van der Waals surface area (Å²) < 4.78 is 29.3. The molecule has 2 heterocycles. The van der Waals surface area contributed by atoms with Gasteiger partial charge in [-0.1, -0.05) is 18.1 Å². The number of pyridine rings is 1. The Morgan fingerprint density at radius 3 is 2.45 bits per heavy atom. The molecule has 5 rings (SSSR count). The lowest BCUT2D eigenvalue weighted by Gasteiger charge is -2.18. The maximum absolute atomic E-state index is 11.5. The van der Waals surface area contributed by atoms with Crippen LogP contribution in [0.1, 0.15) is 50.4 Å². The third kappa shape index (κ3) is 4.63. The first-order chi connectivity index (χ1) is 15.8. The molecule has 3 aromatic rings. The molecule has 0 spiro atoms. The molecule has 4 atom stereocenters. The van der Waals surface area contributed by atoms with Crippen molar-refractivity contribution in [2.75, 3.05) is 5.32 Å². The predicted octanol–water partition coefficient (Wildman–Crippen LogP) is 3.39. The fourth-order valence-corrected chi connectivity index (χ4v) is 4.98. The van der Waals surface area contributed by atoms with E-state index in [0.29, 0.717) is 28.6 Å². The topological polar surface area (TPSA) is 120 Å². The summed E-state index contributed by atoms with van der Waals surface area (Å²) in [4.78, 5) is 14.0. The van der Waals surface area contributed by atoms with Gasteiger partial charge < -0.3 is 10.1 Å². The highest BCUT2D eigenvalue weighted by molar-refractivity contribution is 7.89. The van der Waals surface area contributed by atoms with Gasteiger partial charge in [0.1, 0.15) is 11.8 Å². The van der Waals surface area contributed by atoms with Crippen molar-refractivity contribution in [1.82, 2.24) is 15.0 Å². The molecule has 3 N–H and O–H groups in total. The molecular weight excluding hydrogens is 438 g/mol. The first-order valence-corrected chi connectivity index (χ1v) is 12.5. The normalized spacial score (nSPS) is 22.2. The van der Waals surface area contributed by atoms with Crippen LogP contribution in [0.25, 0.3) is 11.0 Å². The molecule has 0 bridgehead atoms.